The number of thioether (sulfide) groups is 1. The normalized spacial score (nSPS) is 11.2. The van der Waals surface area contributed by atoms with E-state index in [0.29, 0.717) is 28.3 Å². The van der Waals surface area contributed by atoms with Crippen LogP contribution < -0.4 is 5.73 Å². The molecular formula is C16H25ClN2OS. The first-order valence-corrected chi connectivity index (χ1v) is 8.61. The largest absolute Gasteiger partial charge is 0.399 e. The number of carbonyl (C=O) groups is 1. The van der Waals surface area contributed by atoms with Crippen molar-refractivity contribution < 1.29 is 4.79 Å². The minimum absolute atomic E-state index is 0.162. The molecule has 0 saturated heterocycles. The van der Waals surface area contributed by atoms with Crippen LogP contribution in [0.4, 0.5) is 5.69 Å². The van der Waals surface area contributed by atoms with Crippen molar-refractivity contribution >= 4 is 35.0 Å². The van der Waals surface area contributed by atoms with Crippen molar-refractivity contribution in [2.45, 2.75) is 32.6 Å². The van der Waals surface area contributed by atoms with Crippen LogP contribution in [-0.4, -0.2) is 29.6 Å². The Morgan fingerprint density at radius 2 is 1.81 bits per heavy atom. The maximum atomic E-state index is 12.4. The number of hydrogen-bond donors (Lipinski definition) is 1. The van der Waals surface area contributed by atoms with E-state index in [4.69, 9.17) is 17.3 Å². The minimum atomic E-state index is 0.162. The second-order valence-electron chi connectivity index (χ2n) is 6.06. The zero-order valence-corrected chi connectivity index (χ0v) is 14.8. The molecule has 1 aromatic rings. The summed E-state index contributed by atoms with van der Waals surface area (Å²) in [5.74, 6) is 1.51. The first-order valence-electron chi connectivity index (χ1n) is 7.25. The fraction of sp³-hybridized carbons (Fsp3) is 0.562. The van der Waals surface area contributed by atoms with Gasteiger partial charge in [0.05, 0.1) is 10.8 Å². The molecular weight excluding hydrogens is 304 g/mol. The van der Waals surface area contributed by atoms with E-state index in [1.165, 1.54) is 11.8 Å². The maximum Gasteiger partial charge on any atom is 0.232 e. The third-order valence-electron chi connectivity index (χ3n) is 2.83. The summed E-state index contributed by atoms with van der Waals surface area (Å²) in [7, 11) is 0. The monoisotopic (exact) mass is 328 g/mol. The fourth-order valence-corrected chi connectivity index (χ4v) is 3.20. The Balaban J connectivity index is 2.64. The Labute approximate surface area is 137 Å². The first kappa shape index (κ1) is 18.2. The van der Waals surface area contributed by atoms with Crippen molar-refractivity contribution in [1.82, 2.24) is 4.90 Å². The molecule has 21 heavy (non-hydrogen) atoms. The molecule has 0 atom stereocenters. The second-order valence-corrected chi connectivity index (χ2v) is 7.49. The number of hydrogen-bond acceptors (Lipinski definition) is 3. The highest BCUT2D eigenvalue weighted by molar-refractivity contribution is 8.00. The summed E-state index contributed by atoms with van der Waals surface area (Å²) in [5.41, 5.74) is 6.31. The summed E-state index contributed by atoms with van der Waals surface area (Å²) < 4.78 is 0. The number of benzene rings is 1. The third kappa shape index (κ3) is 6.62. The number of rotatable bonds is 7. The number of nitrogens with zero attached hydrogens (tertiary/aromatic N) is 1. The van der Waals surface area contributed by atoms with Crippen LogP contribution >= 0.6 is 23.4 Å². The minimum Gasteiger partial charge on any atom is -0.399 e. The van der Waals surface area contributed by atoms with Gasteiger partial charge in [0.15, 0.2) is 0 Å². The highest BCUT2D eigenvalue weighted by Crippen LogP contribution is 2.29. The third-order valence-corrected chi connectivity index (χ3v) is 4.31. The average molecular weight is 329 g/mol. The van der Waals surface area contributed by atoms with E-state index in [9.17, 15) is 4.79 Å². The van der Waals surface area contributed by atoms with Crippen molar-refractivity contribution in [2.75, 3.05) is 24.6 Å². The summed E-state index contributed by atoms with van der Waals surface area (Å²) >= 11 is 7.60. The van der Waals surface area contributed by atoms with Gasteiger partial charge in [0.25, 0.3) is 0 Å². The van der Waals surface area contributed by atoms with Crippen molar-refractivity contribution in [2.24, 2.45) is 11.8 Å². The van der Waals surface area contributed by atoms with Crippen LogP contribution in [0.15, 0.2) is 23.1 Å². The van der Waals surface area contributed by atoms with Crippen molar-refractivity contribution in [3.8, 4) is 0 Å². The molecule has 118 valence electrons. The molecule has 0 aliphatic heterocycles. The molecule has 0 heterocycles. The van der Waals surface area contributed by atoms with E-state index in [-0.39, 0.29) is 5.91 Å². The highest BCUT2D eigenvalue weighted by atomic mass is 35.5. The summed E-state index contributed by atoms with van der Waals surface area (Å²) in [6, 6.07) is 5.39. The smallest absolute Gasteiger partial charge is 0.232 e. The second kappa shape index (κ2) is 8.54. The van der Waals surface area contributed by atoms with Crippen molar-refractivity contribution in [1.29, 1.82) is 0 Å². The van der Waals surface area contributed by atoms with Gasteiger partial charge in [-0.25, -0.2) is 0 Å². The summed E-state index contributed by atoms with van der Waals surface area (Å²) in [6.45, 7) is 10.1. The SMILES string of the molecule is CC(C)CN(CC(C)C)C(=O)CSc1ccc(N)cc1Cl. The Hall–Kier alpha value is -0.870. The summed E-state index contributed by atoms with van der Waals surface area (Å²) in [6.07, 6.45) is 0. The van der Waals surface area contributed by atoms with Crippen LogP contribution in [0, 0.1) is 11.8 Å². The molecule has 3 nitrogen and oxygen atoms in total. The van der Waals surface area contributed by atoms with Crippen molar-refractivity contribution in [3.63, 3.8) is 0 Å². The van der Waals surface area contributed by atoms with Gasteiger partial charge in [-0.1, -0.05) is 39.3 Å². The zero-order chi connectivity index (χ0) is 16.0. The molecule has 1 aromatic carbocycles. The lowest BCUT2D eigenvalue weighted by Gasteiger charge is -2.26. The van der Waals surface area contributed by atoms with Crippen LogP contribution in [-0.2, 0) is 4.79 Å². The van der Waals surface area contributed by atoms with Gasteiger partial charge in [-0.15, -0.1) is 11.8 Å². The predicted octanol–water partition coefficient (Wildman–Crippen LogP) is 4.15. The molecule has 2 N–H and O–H groups in total. The standard InChI is InChI=1S/C16H25ClN2OS/c1-11(2)8-19(9-12(3)4)16(20)10-21-15-6-5-13(18)7-14(15)17/h5-7,11-12H,8-10,18H2,1-4H3. The highest BCUT2D eigenvalue weighted by Gasteiger charge is 2.17. The lowest BCUT2D eigenvalue weighted by Crippen LogP contribution is -2.38. The number of nitrogens with two attached hydrogens (primary N) is 1. The first-order chi connectivity index (χ1) is 9.79. The van der Waals surface area contributed by atoms with E-state index in [0.717, 1.165) is 18.0 Å². The molecule has 0 spiro atoms. The van der Waals surface area contributed by atoms with E-state index in [1.807, 2.05) is 11.0 Å². The number of amides is 1. The Morgan fingerprint density at radius 1 is 1.24 bits per heavy atom. The van der Waals surface area contributed by atoms with Gasteiger partial charge in [0, 0.05) is 23.7 Å². The average Bonchev–Trinajstić information content (AvgIpc) is 2.35. The molecule has 0 aromatic heterocycles. The topological polar surface area (TPSA) is 46.3 Å². The number of carbonyl (C=O) groups excluding carboxylic acids is 1. The van der Waals surface area contributed by atoms with Gasteiger partial charge in [-0.05, 0) is 30.0 Å². The maximum absolute atomic E-state index is 12.4. The lowest BCUT2D eigenvalue weighted by molar-refractivity contribution is -0.129. The van der Waals surface area contributed by atoms with Gasteiger partial charge in [-0.2, -0.15) is 0 Å². The Morgan fingerprint density at radius 3 is 2.29 bits per heavy atom. The molecule has 0 radical (unpaired) electrons. The lowest BCUT2D eigenvalue weighted by atomic mass is 10.1. The van der Waals surface area contributed by atoms with Gasteiger partial charge < -0.3 is 10.6 Å². The van der Waals surface area contributed by atoms with E-state index in [2.05, 4.69) is 27.7 Å². The molecule has 0 fully saturated rings. The molecule has 0 saturated carbocycles. The van der Waals surface area contributed by atoms with Gasteiger partial charge in [0.2, 0.25) is 5.91 Å². The number of nitrogen functional groups attached to an aromatic ring is 1. The quantitative estimate of drug-likeness (QED) is 0.604. The molecule has 5 heteroatoms. The zero-order valence-electron chi connectivity index (χ0n) is 13.2. The fourth-order valence-electron chi connectivity index (χ4n) is 2.02. The Bertz CT molecular complexity index is 467. The van der Waals surface area contributed by atoms with Crippen LogP contribution in [0.1, 0.15) is 27.7 Å². The van der Waals surface area contributed by atoms with Crippen molar-refractivity contribution in [3.05, 3.63) is 23.2 Å². The molecule has 1 amide bonds. The summed E-state index contributed by atoms with van der Waals surface area (Å²) in [5, 5.41) is 0.604. The summed E-state index contributed by atoms with van der Waals surface area (Å²) in [4.78, 5) is 15.3. The number of anilines is 1. The van der Waals surface area contributed by atoms with Gasteiger partial charge in [-0.3, -0.25) is 4.79 Å². The van der Waals surface area contributed by atoms with E-state index >= 15 is 0 Å². The van der Waals surface area contributed by atoms with E-state index < -0.39 is 0 Å². The van der Waals surface area contributed by atoms with Gasteiger partial charge >= 0.3 is 0 Å². The molecule has 0 aliphatic rings. The molecule has 1 rings (SSSR count). The van der Waals surface area contributed by atoms with Crippen LogP contribution in [0.2, 0.25) is 5.02 Å². The Kier molecular flexibility index (Phi) is 7.40. The molecule has 0 bridgehead atoms. The predicted molar refractivity (Wildman–Crippen MR) is 92.8 cm³/mol. The van der Waals surface area contributed by atoms with Crippen LogP contribution in [0.5, 0.6) is 0 Å². The van der Waals surface area contributed by atoms with Crippen LogP contribution in [0.25, 0.3) is 0 Å². The number of halogens is 1. The molecule has 0 aliphatic carbocycles. The van der Waals surface area contributed by atoms with Gasteiger partial charge in [0.1, 0.15) is 0 Å². The van der Waals surface area contributed by atoms with E-state index in [1.54, 1.807) is 12.1 Å². The van der Waals surface area contributed by atoms with Crippen LogP contribution in [0.3, 0.4) is 0 Å². The molecule has 0 unspecified atom stereocenters.